The van der Waals surface area contributed by atoms with E-state index in [1.54, 1.807) is 36.0 Å². The first kappa shape index (κ1) is 14.3. The van der Waals surface area contributed by atoms with Crippen molar-refractivity contribution < 1.29 is 19.7 Å². The number of hydrogen-bond acceptors (Lipinski definition) is 4. The van der Waals surface area contributed by atoms with E-state index in [0.717, 1.165) is 10.6 Å². The molecule has 0 unspecified atom stereocenters. The summed E-state index contributed by atoms with van der Waals surface area (Å²) in [5.74, 6) is 0.732. The lowest BCUT2D eigenvalue weighted by Gasteiger charge is -2.06. The first-order valence-electron chi connectivity index (χ1n) is 6.03. The van der Waals surface area contributed by atoms with Crippen molar-refractivity contribution in [3.63, 3.8) is 0 Å². The molecular weight excluding hydrogens is 276 g/mol. The third kappa shape index (κ3) is 4.20. The monoisotopic (exact) mass is 290 g/mol. The van der Waals surface area contributed by atoms with Crippen LogP contribution in [0.1, 0.15) is 10.4 Å². The molecule has 20 heavy (non-hydrogen) atoms. The number of carboxylic acids is 1. The van der Waals surface area contributed by atoms with Crippen molar-refractivity contribution in [2.75, 3.05) is 12.4 Å². The second-order valence-electron chi connectivity index (χ2n) is 4.02. The highest BCUT2D eigenvalue weighted by Gasteiger charge is 2.02. The molecule has 0 aliphatic heterocycles. The standard InChI is InChI=1S/C15H14O4S/c16-12-3-7-14(8-4-12)20-10-9-19-13-5-1-11(2-6-13)15(17)18/h1-8,16H,9-10H2,(H,17,18). The fraction of sp³-hybridized carbons (Fsp3) is 0.133. The second-order valence-corrected chi connectivity index (χ2v) is 5.19. The molecule has 0 aromatic heterocycles. The van der Waals surface area contributed by atoms with Gasteiger partial charge in [0.05, 0.1) is 12.2 Å². The maximum atomic E-state index is 10.7. The Morgan fingerprint density at radius 2 is 1.70 bits per heavy atom. The van der Waals surface area contributed by atoms with Gasteiger partial charge in [-0.2, -0.15) is 0 Å². The molecule has 2 aromatic rings. The van der Waals surface area contributed by atoms with Crippen LogP contribution in [0.15, 0.2) is 53.4 Å². The number of carbonyl (C=O) groups is 1. The van der Waals surface area contributed by atoms with Crippen LogP contribution in [0, 0.1) is 0 Å². The van der Waals surface area contributed by atoms with Crippen LogP contribution in [0.4, 0.5) is 0 Å². The Hall–Kier alpha value is -2.14. The minimum Gasteiger partial charge on any atom is -0.508 e. The van der Waals surface area contributed by atoms with Crippen LogP contribution < -0.4 is 4.74 Å². The quantitative estimate of drug-likeness (QED) is 0.631. The van der Waals surface area contributed by atoms with E-state index in [9.17, 15) is 4.79 Å². The Kier molecular flexibility index (Phi) is 4.90. The van der Waals surface area contributed by atoms with Crippen LogP contribution in [0.5, 0.6) is 11.5 Å². The number of carboxylic acid groups (broad SMARTS) is 1. The van der Waals surface area contributed by atoms with Crippen LogP contribution in [0.2, 0.25) is 0 Å². The molecule has 2 rings (SSSR count). The third-order valence-electron chi connectivity index (χ3n) is 2.56. The number of thioether (sulfide) groups is 1. The SMILES string of the molecule is O=C(O)c1ccc(OCCSc2ccc(O)cc2)cc1. The van der Waals surface area contributed by atoms with E-state index >= 15 is 0 Å². The molecular formula is C15H14O4S. The normalized spacial score (nSPS) is 10.2. The molecule has 0 aliphatic rings. The summed E-state index contributed by atoms with van der Waals surface area (Å²) in [7, 11) is 0. The summed E-state index contributed by atoms with van der Waals surface area (Å²) in [4.78, 5) is 11.8. The average molecular weight is 290 g/mol. The van der Waals surface area contributed by atoms with E-state index in [1.807, 2.05) is 12.1 Å². The third-order valence-corrected chi connectivity index (χ3v) is 3.54. The molecule has 2 aromatic carbocycles. The van der Waals surface area contributed by atoms with E-state index in [0.29, 0.717) is 12.4 Å². The van der Waals surface area contributed by atoms with Gasteiger partial charge in [-0.1, -0.05) is 0 Å². The average Bonchev–Trinajstić information content (AvgIpc) is 2.46. The minimum absolute atomic E-state index is 0.246. The van der Waals surface area contributed by atoms with Crippen molar-refractivity contribution in [2.24, 2.45) is 0 Å². The fourth-order valence-corrected chi connectivity index (χ4v) is 2.29. The van der Waals surface area contributed by atoms with E-state index in [1.165, 1.54) is 12.1 Å². The Morgan fingerprint density at radius 3 is 2.30 bits per heavy atom. The molecule has 2 N–H and O–H groups in total. The predicted octanol–water partition coefficient (Wildman–Crippen LogP) is 3.26. The van der Waals surface area contributed by atoms with Crippen molar-refractivity contribution >= 4 is 17.7 Å². The van der Waals surface area contributed by atoms with Crippen molar-refractivity contribution in [1.29, 1.82) is 0 Å². The second kappa shape index (κ2) is 6.86. The topological polar surface area (TPSA) is 66.8 Å². The highest BCUT2D eigenvalue weighted by molar-refractivity contribution is 7.99. The highest BCUT2D eigenvalue weighted by atomic mass is 32.2. The summed E-state index contributed by atoms with van der Waals surface area (Å²) < 4.78 is 5.52. The predicted molar refractivity (Wildman–Crippen MR) is 77.7 cm³/mol. The highest BCUT2D eigenvalue weighted by Crippen LogP contribution is 2.21. The lowest BCUT2D eigenvalue weighted by molar-refractivity contribution is 0.0697. The van der Waals surface area contributed by atoms with Crippen molar-refractivity contribution in [3.8, 4) is 11.5 Å². The summed E-state index contributed by atoms with van der Waals surface area (Å²) in [6, 6.07) is 13.3. The number of aromatic hydroxyl groups is 1. The molecule has 0 saturated carbocycles. The maximum absolute atomic E-state index is 10.7. The fourth-order valence-electron chi connectivity index (χ4n) is 1.56. The summed E-state index contributed by atoms with van der Waals surface area (Å²) in [5, 5.41) is 17.9. The largest absolute Gasteiger partial charge is 0.508 e. The van der Waals surface area contributed by atoms with Gasteiger partial charge >= 0.3 is 5.97 Å². The lowest BCUT2D eigenvalue weighted by atomic mass is 10.2. The number of rotatable bonds is 6. The summed E-state index contributed by atoms with van der Waals surface area (Å²) in [6.45, 7) is 0.526. The summed E-state index contributed by atoms with van der Waals surface area (Å²) >= 11 is 1.63. The molecule has 0 radical (unpaired) electrons. The number of ether oxygens (including phenoxy) is 1. The maximum Gasteiger partial charge on any atom is 0.335 e. The number of benzene rings is 2. The molecule has 0 fully saturated rings. The van der Waals surface area contributed by atoms with Crippen LogP contribution in [-0.2, 0) is 0 Å². The van der Waals surface area contributed by atoms with Gasteiger partial charge in [-0.3, -0.25) is 0 Å². The lowest BCUT2D eigenvalue weighted by Crippen LogP contribution is -2.01. The Morgan fingerprint density at radius 1 is 1.05 bits per heavy atom. The van der Waals surface area contributed by atoms with Crippen molar-refractivity contribution in [1.82, 2.24) is 0 Å². The van der Waals surface area contributed by atoms with Crippen LogP contribution in [-0.4, -0.2) is 28.5 Å². The molecule has 0 amide bonds. The van der Waals surface area contributed by atoms with Crippen LogP contribution in [0.3, 0.4) is 0 Å². The van der Waals surface area contributed by atoms with Gasteiger partial charge in [-0.25, -0.2) is 4.79 Å². The van der Waals surface area contributed by atoms with Gasteiger partial charge in [0, 0.05) is 10.6 Å². The zero-order valence-electron chi connectivity index (χ0n) is 10.7. The van der Waals surface area contributed by atoms with E-state index in [-0.39, 0.29) is 11.3 Å². The Labute approximate surface area is 121 Å². The van der Waals surface area contributed by atoms with Gasteiger partial charge in [0.1, 0.15) is 11.5 Å². The summed E-state index contributed by atoms with van der Waals surface area (Å²) in [5.41, 5.74) is 0.246. The number of hydrogen-bond donors (Lipinski definition) is 2. The minimum atomic E-state index is -0.945. The first-order chi connectivity index (χ1) is 9.65. The molecule has 0 spiro atoms. The molecule has 4 nitrogen and oxygen atoms in total. The molecule has 0 atom stereocenters. The Bertz CT molecular complexity index is 563. The van der Waals surface area contributed by atoms with E-state index < -0.39 is 5.97 Å². The van der Waals surface area contributed by atoms with Gasteiger partial charge in [0.2, 0.25) is 0 Å². The van der Waals surface area contributed by atoms with Gasteiger partial charge in [-0.05, 0) is 48.5 Å². The molecule has 5 heteroatoms. The van der Waals surface area contributed by atoms with Gasteiger partial charge in [0.15, 0.2) is 0 Å². The molecule has 0 heterocycles. The Balaban J connectivity index is 1.75. The van der Waals surface area contributed by atoms with Gasteiger partial charge in [0.25, 0.3) is 0 Å². The van der Waals surface area contributed by atoms with Crippen LogP contribution >= 0.6 is 11.8 Å². The number of aromatic carboxylic acids is 1. The smallest absolute Gasteiger partial charge is 0.335 e. The van der Waals surface area contributed by atoms with Crippen molar-refractivity contribution in [3.05, 3.63) is 54.1 Å². The van der Waals surface area contributed by atoms with E-state index in [2.05, 4.69) is 0 Å². The van der Waals surface area contributed by atoms with Gasteiger partial charge in [-0.15, -0.1) is 11.8 Å². The zero-order chi connectivity index (χ0) is 14.4. The number of phenols is 1. The zero-order valence-corrected chi connectivity index (χ0v) is 11.5. The molecule has 0 saturated heterocycles. The van der Waals surface area contributed by atoms with Crippen LogP contribution in [0.25, 0.3) is 0 Å². The first-order valence-corrected chi connectivity index (χ1v) is 7.02. The molecule has 0 bridgehead atoms. The van der Waals surface area contributed by atoms with Crippen molar-refractivity contribution in [2.45, 2.75) is 4.90 Å². The molecule has 104 valence electrons. The summed E-state index contributed by atoms with van der Waals surface area (Å²) in [6.07, 6.45) is 0. The number of phenolic OH excluding ortho intramolecular Hbond substituents is 1. The van der Waals surface area contributed by atoms with Gasteiger partial charge < -0.3 is 14.9 Å². The molecule has 0 aliphatic carbocycles. The van der Waals surface area contributed by atoms with E-state index in [4.69, 9.17) is 14.9 Å².